The van der Waals surface area contributed by atoms with Crippen LogP contribution in [0.3, 0.4) is 0 Å². The van der Waals surface area contributed by atoms with Crippen LogP contribution in [0, 0.1) is 11.6 Å². The lowest BCUT2D eigenvalue weighted by Crippen LogP contribution is -2.40. The molecule has 1 amide bonds. The molecule has 1 atom stereocenters. The third-order valence-electron chi connectivity index (χ3n) is 2.96. The molecule has 4 nitrogen and oxygen atoms in total. The molecule has 18 heavy (non-hydrogen) atoms. The molecular weight excluding hydrogens is 244 g/mol. The second kappa shape index (κ2) is 4.72. The summed E-state index contributed by atoms with van der Waals surface area (Å²) in [4.78, 5) is 24.0. The fourth-order valence-corrected chi connectivity index (χ4v) is 2.08. The van der Waals surface area contributed by atoms with Gasteiger partial charge in [0.1, 0.15) is 17.7 Å². The summed E-state index contributed by atoms with van der Waals surface area (Å²) in [5.41, 5.74) is -0.301. The number of carbonyl (C=O) groups excluding carboxylic acids is 1. The maximum atomic E-state index is 13.4. The molecular formula is C12H11F2NO3. The van der Waals surface area contributed by atoms with Crippen molar-refractivity contribution in [1.29, 1.82) is 0 Å². The minimum absolute atomic E-state index is 0.270. The van der Waals surface area contributed by atoms with Crippen LogP contribution < -0.4 is 0 Å². The molecule has 0 bridgehead atoms. The lowest BCUT2D eigenvalue weighted by Gasteiger charge is -2.21. The van der Waals surface area contributed by atoms with Gasteiger partial charge < -0.3 is 10.0 Å². The molecule has 1 aromatic rings. The number of likely N-dealkylation sites (tertiary alicyclic amines) is 1. The van der Waals surface area contributed by atoms with Gasteiger partial charge in [-0.1, -0.05) is 0 Å². The Labute approximate surface area is 102 Å². The van der Waals surface area contributed by atoms with Gasteiger partial charge in [-0.05, 0) is 25.0 Å². The van der Waals surface area contributed by atoms with E-state index in [9.17, 15) is 18.4 Å². The highest BCUT2D eigenvalue weighted by molar-refractivity contribution is 5.97. The van der Waals surface area contributed by atoms with Crippen molar-refractivity contribution in [3.05, 3.63) is 35.4 Å². The maximum Gasteiger partial charge on any atom is 0.326 e. The topological polar surface area (TPSA) is 57.6 Å². The molecule has 96 valence electrons. The van der Waals surface area contributed by atoms with E-state index in [1.54, 1.807) is 0 Å². The second-order valence-electron chi connectivity index (χ2n) is 4.12. The number of hydrogen-bond donors (Lipinski definition) is 1. The monoisotopic (exact) mass is 255 g/mol. The van der Waals surface area contributed by atoms with E-state index >= 15 is 0 Å². The zero-order valence-corrected chi connectivity index (χ0v) is 9.40. The van der Waals surface area contributed by atoms with Gasteiger partial charge in [0.25, 0.3) is 5.91 Å². The van der Waals surface area contributed by atoms with Gasteiger partial charge in [0, 0.05) is 12.6 Å². The number of hydrogen-bond acceptors (Lipinski definition) is 2. The van der Waals surface area contributed by atoms with E-state index in [1.165, 1.54) is 0 Å². The zero-order valence-electron chi connectivity index (χ0n) is 9.40. The number of amides is 1. The normalized spacial score (nSPS) is 19.0. The van der Waals surface area contributed by atoms with Gasteiger partial charge in [0.15, 0.2) is 0 Å². The molecule has 1 N–H and O–H groups in total. The predicted octanol–water partition coefficient (Wildman–Crippen LogP) is 1.65. The van der Waals surface area contributed by atoms with E-state index in [4.69, 9.17) is 5.11 Å². The summed E-state index contributed by atoms with van der Waals surface area (Å²) in [6.07, 6.45) is 0.912. The van der Waals surface area contributed by atoms with Crippen molar-refractivity contribution in [3.63, 3.8) is 0 Å². The summed E-state index contributed by atoms with van der Waals surface area (Å²) in [6, 6.07) is 1.69. The Bertz CT molecular complexity index is 504. The van der Waals surface area contributed by atoms with Gasteiger partial charge in [-0.3, -0.25) is 4.79 Å². The molecule has 1 aliphatic rings. The van der Waals surface area contributed by atoms with E-state index < -0.39 is 29.6 Å². The third-order valence-corrected chi connectivity index (χ3v) is 2.96. The highest BCUT2D eigenvalue weighted by atomic mass is 19.1. The number of carboxylic acid groups (broad SMARTS) is 1. The first kappa shape index (κ1) is 12.5. The van der Waals surface area contributed by atoms with Crippen molar-refractivity contribution in [1.82, 2.24) is 4.90 Å². The molecule has 0 spiro atoms. The van der Waals surface area contributed by atoms with E-state index in [0.717, 1.165) is 17.0 Å². The summed E-state index contributed by atoms with van der Waals surface area (Å²) in [5.74, 6) is -3.57. The average molecular weight is 255 g/mol. The number of carboxylic acids is 1. The molecule has 0 unspecified atom stereocenters. The van der Waals surface area contributed by atoms with Crippen LogP contribution in [0.1, 0.15) is 23.2 Å². The summed E-state index contributed by atoms with van der Waals surface area (Å²) < 4.78 is 26.2. The third kappa shape index (κ3) is 2.18. The van der Waals surface area contributed by atoms with Crippen LogP contribution in [0.5, 0.6) is 0 Å². The van der Waals surface area contributed by atoms with E-state index in [0.29, 0.717) is 18.9 Å². The Balaban J connectivity index is 2.28. The molecule has 1 aromatic carbocycles. The summed E-state index contributed by atoms with van der Waals surface area (Å²) >= 11 is 0. The lowest BCUT2D eigenvalue weighted by atomic mass is 10.1. The molecule has 0 radical (unpaired) electrons. The van der Waals surface area contributed by atoms with Crippen molar-refractivity contribution in [3.8, 4) is 0 Å². The molecule has 1 aliphatic heterocycles. The van der Waals surface area contributed by atoms with Gasteiger partial charge in [0.05, 0.1) is 5.56 Å². The Hall–Kier alpha value is -1.98. The molecule has 1 saturated heterocycles. The van der Waals surface area contributed by atoms with Crippen LogP contribution in [-0.2, 0) is 4.79 Å². The molecule has 2 rings (SSSR count). The highest BCUT2D eigenvalue weighted by Crippen LogP contribution is 2.21. The van der Waals surface area contributed by atoms with Crippen molar-refractivity contribution in [2.45, 2.75) is 18.9 Å². The fraction of sp³-hybridized carbons (Fsp3) is 0.333. The van der Waals surface area contributed by atoms with Crippen molar-refractivity contribution < 1.29 is 23.5 Å². The van der Waals surface area contributed by atoms with Gasteiger partial charge in [-0.25, -0.2) is 13.6 Å². The van der Waals surface area contributed by atoms with Crippen molar-refractivity contribution in [2.24, 2.45) is 0 Å². The number of benzene rings is 1. The first-order valence-electron chi connectivity index (χ1n) is 5.49. The Morgan fingerprint density at radius 2 is 2.06 bits per heavy atom. The van der Waals surface area contributed by atoms with Gasteiger partial charge in [-0.2, -0.15) is 0 Å². The number of halogens is 2. The zero-order chi connectivity index (χ0) is 13.3. The van der Waals surface area contributed by atoms with Crippen LogP contribution in [0.25, 0.3) is 0 Å². The van der Waals surface area contributed by atoms with Crippen molar-refractivity contribution >= 4 is 11.9 Å². The number of nitrogens with zero attached hydrogens (tertiary/aromatic N) is 1. The van der Waals surface area contributed by atoms with Crippen LogP contribution in [0.2, 0.25) is 0 Å². The van der Waals surface area contributed by atoms with E-state index in [1.807, 2.05) is 0 Å². The van der Waals surface area contributed by atoms with Gasteiger partial charge >= 0.3 is 5.97 Å². The SMILES string of the molecule is O=C(O)[C@H]1CCCN1C(=O)c1ccc(F)cc1F. The maximum absolute atomic E-state index is 13.4. The molecule has 0 aromatic heterocycles. The Morgan fingerprint density at radius 3 is 2.67 bits per heavy atom. The minimum Gasteiger partial charge on any atom is -0.480 e. The quantitative estimate of drug-likeness (QED) is 0.874. The van der Waals surface area contributed by atoms with Crippen LogP contribution >= 0.6 is 0 Å². The lowest BCUT2D eigenvalue weighted by molar-refractivity contribution is -0.141. The second-order valence-corrected chi connectivity index (χ2v) is 4.12. The summed E-state index contributed by atoms with van der Waals surface area (Å²) in [7, 11) is 0. The standard InChI is InChI=1S/C12H11F2NO3/c13-7-3-4-8(9(14)6-7)11(16)15-5-1-2-10(15)12(17)18/h3-4,6,10H,1-2,5H2,(H,17,18)/t10-/m1/s1. The first-order valence-corrected chi connectivity index (χ1v) is 5.49. The van der Waals surface area contributed by atoms with E-state index in [-0.39, 0.29) is 12.1 Å². The number of rotatable bonds is 2. The van der Waals surface area contributed by atoms with Crippen LogP contribution in [-0.4, -0.2) is 34.5 Å². The summed E-state index contributed by atoms with van der Waals surface area (Å²) in [6.45, 7) is 0.270. The van der Waals surface area contributed by atoms with Crippen molar-refractivity contribution in [2.75, 3.05) is 6.54 Å². The fourth-order valence-electron chi connectivity index (χ4n) is 2.08. The molecule has 1 fully saturated rings. The number of aliphatic carboxylic acids is 1. The Morgan fingerprint density at radius 1 is 1.33 bits per heavy atom. The highest BCUT2D eigenvalue weighted by Gasteiger charge is 2.35. The van der Waals surface area contributed by atoms with Gasteiger partial charge in [-0.15, -0.1) is 0 Å². The number of carbonyl (C=O) groups is 2. The molecule has 0 saturated carbocycles. The van der Waals surface area contributed by atoms with Crippen LogP contribution in [0.15, 0.2) is 18.2 Å². The molecule has 6 heteroatoms. The van der Waals surface area contributed by atoms with Gasteiger partial charge in [0.2, 0.25) is 0 Å². The largest absolute Gasteiger partial charge is 0.480 e. The minimum atomic E-state index is -1.11. The van der Waals surface area contributed by atoms with Crippen LogP contribution in [0.4, 0.5) is 8.78 Å². The average Bonchev–Trinajstić information content (AvgIpc) is 2.77. The molecule has 1 heterocycles. The smallest absolute Gasteiger partial charge is 0.326 e. The predicted molar refractivity (Wildman–Crippen MR) is 58.1 cm³/mol. The Kier molecular flexibility index (Phi) is 3.27. The van der Waals surface area contributed by atoms with E-state index in [2.05, 4.69) is 0 Å². The first-order chi connectivity index (χ1) is 8.50. The summed E-state index contributed by atoms with van der Waals surface area (Å²) in [5, 5.41) is 8.95. The molecule has 0 aliphatic carbocycles.